The number of hydrogen-bond donors (Lipinski definition) is 3. The lowest BCUT2D eigenvalue weighted by Crippen LogP contribution is -2.47. The van der Waals surface area contributed by atoms with Gasteiger partial charge in [-0.1, -0.05) is 42.5 Å². The van der Waals surface area contributed by atoms with Gasteiger partial charge in [0.25, 0.3) is 0 Å². The van der Waals surface area contributed by atoms with Gasteiger partial charge in [0, 0.05) is 5.56 Å². The number of carboxylic acid groups (broad SMARTS) is 1. The average Bonchev–Trinajstić information content (AvgIpc) is 2.42. The molecule has 0 heterocycles. The Morgan fingerprint density at radius 2 is 1.70 bits per heavy atom. The van der Waals surface area contributed by atoms with Crippen LogP contribution in [0.3, 0.4) is 0 Å². The van der Waals surface area contributed by atoms with Crippen LogP contribution in [0.2, 0.25) is 0 Å². The van der Waals surface area contributed by atoms with Crippen molar-refractivity contribution in [3.63, 3.8) is 0 Å². The van der Waals surface area contributed by atoms with Crippen molar-refractivity contribution in [2.45, 2.75) is 12.6 Å². The van der Waals surface area contributed by atoms with E-state index in [9.17, 15) is 9.90 Å². The summed E-state index contributed by atoms with van der Waals surface area (Å²) in [5.74, 6) is 0.148. The molecule has 0 radical (unpaired) electrons. The molecule has 0 aliphatic rings. The summed E-state index contributed by atoms with van der Waals surface area (Å²) in [4.78, 5) is 11.0. The largest absolute Gasteiger partial charge is 0.504 e. The molecule has 20 heavy (non-hydrogen) atoms. The number of hydrogen-bond acceptors (Lipinski definition) is 3. The summed E-state index contributed by atoms with van der Waals surface area (Å²) in [5.41, 5.74) is -0.669. The first-order chi connectivity index (χ1) is 9.51. The Balaban J connectivity index is 2.38. The van der Waals surface area contributed by atoms with Crippen molar-refractivity contribution in [2.24, 2.45) is 0 Å². The fourth-order valence-electron chi connectivity index (χ4n) is 1.88. The molecule has 0 bridgehead atoms. The van der Waals surface area contributed by atoms with Crippen molar-refractivity contribution in [3.05, 3.63) is 60.2 Å². The van der Waals surface area contributed by atoms with Crippen molar-refractivity contribution in [2.75, 3.05) is 0 Å². The summed E-state index contributed by atoms with van der Waals surface area (Å²) in [6.45, 7) is 1.59. The first-order valence-corrected chi connectivity index (χ1v) is 6.05. The number of aromatic hydroxyl groups is 1. The molecule has 0 aromatic heterocycles. The van der Waals surface area contributed by atoms with Crippen LogP contribution in [-0.2, 0) is 5.72 Å². The fraction of sp³-hybridized carbons (Fsp3) is 0.133. The summed E-state index contributed by atoms with van der Waals surface area (Å²) in [6.07, 6.45) is -1.22. The third kappa shape index (κ3) is 3.00. The third-order valence-electron chi connectivity index (χ3n) is 2.85. The number of rotatable bonds is 4. The second-order valence-electron chi connectivity index (χ2n) is 4.40. The molecule has 1 atom stereocenters. The molecule has 0 aliphatic carbocycles. The molecule has 1 unspecified atom stereocenters. The third-order valence-corrected chi connectivity index (χ3v) is 2.85. The van der Waals surface area contributed by atoms with E-state index in [0.29, 0.717) is 5.56 Å². The number of phenolic OH excluding ortho intramolecular Hbond substituents is 1. The monoisotopic (exact) mass is 273 g/mol. The van der Waals surface area contributed by atoms with Crippen molar-refractivity contribution < 1.29 is 19.7 Å². The highest BCUT2D eigenvalue weighted by Crippen LogP contribution is 2.31. The molecular formula is C15H15NO4. The molecular weight excluding hydrogens is 258 g/mol. The molecule has 5 heteroatoms. The van der Waals surface area contributed by atoms with E-state index in [1.165, 1.54) is 6.07 Å². The van der Waals surface area contributed by atoms with Gasteiger partial charge in [0.15, 0.2) is 11.5 Å². The Morgan fingerprint density at radius 3 is 2.30 bits per heavy atom. The number of phenols is 1. The minimum Gasteiger partial charge on any atom is -0.504 e. The van der Waals surface area contributed by atoms with Gasteiger partial charge < -0.3 is 14.9 Å². The standard InChI is InChI=1S/C15H15NO4/c1-15(16-14(18)19,11-7-3-2-4-8-11)20-13-10-6-5-9-12(13)17/h2-10,16-17H,1H3,(H,18,19). The van der Waals surface area contributed by atoms with Crippen LogP contribution in [0.15, 0.2) is 54.6 Å². The number of amides is 1. The van der Waals surface area contributed by atoms with E-state index in [0.717, 1.165) is 0 Å². The first kappa shape index (κ1) is 13.7. The number of nitrogens with one attached hydrogen (secondary N) is 1. The molecule has 5 nitrogen and oxygen atoms in total. The van der Waals surface area contributed by atoms with Crippen LogP contribution < -0.4 is 10.1 Å². The zero-order valence-corrected chi connectivity index (χ0v) is 10.9. The zero-order valence-electron chi connectivity index (χ0n) is 10.9. The molecule has 0 saturated heterocycles. The molecule has 2 rings (SSSR count). The Labute approximate surface area is 116 Å². The lowest BCUT2D eigenvalue weighted by atomic mass is 10.0. The van der Waals surface area contributed by atoms with Gasteiger partial charge in [-0.25, -0.2) is 4.79 Å². The quantitative estimate of drug-likeness (QED) is 0.748. The maximum Gasteiger partial charge on any atom is 0.408 e. The van der Waals surface area contributed by atoms with E-state index >= 15 is 0 Å². The Morgan fingerprint density at radius 1 is 1.10 bits per heavy atom. The number of carbonyl (C=O) groups is 1. The van der Waals surface area contributed by atoms with Gasteiger partial charge in [-0.2, -0.15) is 0 Å². The van der Waals surface area contributed by atoms with E-state index in [1.807, 2.05) is 6.07 Å². The van der Waals surface area contributed by atoms with Gasteiger partial charge in [-0.3, -0.25) is 5.32 Å². The van der Waals surface area contributed by atoms with Crippen molar-refractivity contribution in [1.29, 1.82) is 0 Å². The van der Waals surface area contributed by atoms with Gasteiger partial charge in [-0.15, -0.1) is 0 Å². The summed E-state index contributed by atoms with van der Waals surface area (Å²) in [6, 6.07) is 15.3. The summed E-state index contributed by atoms with van der Waals surface area (Å²) < 4.78 is 5.69. The molecule has 0 saturated carbocycles. The van der Waals surface area contributed by atoms with E-state index < -0.39 is 11.8 Å². The van der Waals surface area contributed by atoms with Gasteiger partial charge in [-0.05, 0) is 19.1 Å². The Kier molecular flexibility index (Phi) is 3.79. The van der Waals surface area contributed by atoms with Gasteiger partial charge in [0.2, 0.25) is 5.72 Å². The van der Waals surface area contributed by atoms with Crippen LogP contribution in [0.4, 0.5) is 4.79 Å². The molecule has 1 amide bonds. The predicted molar refractivity (Wildman–Crippen MR) is 73.7 cm³/mol. The second-order valence-corrected chi connectivity index (χ2v) is 4.40. The smallest absolute Gasteiger partial charge is 0.408 e. The SMILES string of the molecule is CC(NC(=O)O)(Oc1ccccc1O)c1ccccc1. The highest BCUT2D eigenvalue weighted by Gasteiger charge is 2.31. The minimum absolute atomic E-state index is 0.0538. The topological polar surface area (TPSA) is 78.8 Å². The lowest BCUT2D eigenvalue weighted by Gasteiger charge is -2.31. The van der Waals surface area contributed by atoms with Gasteiger partial charge >= 0.3 is 6.09 Å². The minimum atomic E-state index is -1.30. The molecule has 2 aromatic rings. The van der Waals surface area contributed by atoms with Crippen LogP contribution in [0.5, 0.6) is 11.5 Å². The van der Waals surface area contributed by atoms with Gasteiger partial charge in [0.05, 0.1) is 0 Å². The second kappa shape index (κ2) is 5.52. The lowest BCUT2D eigenvalue weighted by molar-refractivity contribution is 0.0465. The maximum atomic E-state index is 11.0. The van der Waals surface area contributed by atoms with E-state index in [1.54, 1.807) is 49.4 Å². The molecule has 0 fully saturated rings. The van der Waals surface area contributed by atoms with Crippen LogP contribution >= 0.6 is 0 Å². The number of benzene rings is 2. The number of para-hydroxylation sites is 2. The molecule has 0 aliphatic heterocycles. The highest BCUT2D eigenvalue weighted by atomic mass is 16.5. The average molecular weight is 273 g/mol. The molecule has 0 spiro atoms. The summed E-state index contributed by atoms with van der Waals surface area (Å²) >= 11 is 0. The fourth-order valence-corrected chi connectivity index (χ4v) is 1.88. The summed E-state index contributed by atoms with van der Waals surface area (Å²) in [7, 11) is 0. The van der Waals surface area contributed by atoms with Crippen molar-refractivity contribution >= 4 is 6.09 Å². The normalized spacial score (nSPS) is 13.2. The Bertz CT molecular complexity index is 600. The van der Waals surface area contributed by atoms with E-state index in [-0.39, 0.29) is 11.5 Å². The highest BCUT2D eigenvalue weighted by molar-refractivity contribution is 5.66. The Hall–Kier alpha value is -2.69. The maximum absolute atomic E-state index is 11.0. The predicted octanol–water partition coefficient (Wildman–Crippen LogP) is 2.91. The van der Waals surface area contributed by atoms with Crippen molar-refractivity contribution in [3.8, 4) is 11.5 Å². The van der Waals surface area contributed by atoms with Crippen LogP contribution in [0.25, 0.3) is 0 Å². The summed E-state index contributed by atoms with van der Waals surface area (Å²) in [5, 5.41) is 21.1. The first-order valence-electron chi connectivity index (χ1n) is 6.05. The van der Waals surface area contributed by atoms with E-state index in [2.05, 4.69) is 5.32 Å². The van der Waals surface area contributed by atoms with E-state index in [4.69, 9.17) is 9.84 Å². The van der Waals surface area contributed by atoms with Crippen molar-refractivity contribution in [1.82, 2.24) is 5.32 Å². The van der Waals surface area contributed by atoms with Crippen LogP contribution in [0.1, 0.15) is 12.5 Å². The van der Waals surface area contributed by atoms with Crippen LogP contribution in [0, 0.1) is 0 Å². The molecule has 3 N–H and O–H groups in total. The zero-order chi connectivity index (χ0) is 14.6. The molecule has 2 aromatic carbocycles. The molecule has 104 valence electrons. The van der Waals surface area contributed by atoms with Gasteiger partial charge in [0.1, 0.15) is 0 Å². The number of ether oxygens (including phenoxy) is 1. The van der Waals surface area contributed by atoms with Crippen LogP contribution in [-0.4, -0.2) is 16.3 Å².